The van der Waals surface area contributed by atoms with Gasteiger partial charge in [0.05, 0.1) is 5.69 Å². The first kappa shape index (κ1) is 12.1. The summed E-state index contributed by atoms with van der Waals surface area (Å²) in [4.78, 5) is 15.2. The van der Waals surface area contributed by atoms with Crippen LogP contribution in [-0.4, -0.2) is 16.8 Å². The standard InChI is InChI=1S/C14H14N2O2/c1-2-11(14(17)18)16-12-8-4-6-9-5-3-7-10(15)13(9)12/h3-8H,2,15H2,1H3,(H,17,18). The Hall–Kier alpha value is -2.36. The summed E-state index contributed by atoms with van der Waals surface area (Å²) in [6.07, 6.45) is 0.373. The molecular weight excluding hydrogens is 228 g/mol. The number of benzene rings is 2. The van der Waals surface area contributed by atoms with Crippen LogP contribution >= 0.6 is 0 Å². The number of hydrogen-bond donors (Lipinski definition) is 2. The lowest BCUT2D eigenvalue weighted by atomic mass is 10.1. The molecule has 4 nitrogen and oxygen atoms in total. The lowest BCUT2D eigenvalue weighted by Crippen LogP contribution is -2.10. The topological polar surface area (TPSA) is 75.7 Å². The SMILES string of the molecule is CCC(=Nc1cccc2cccc(N)c12)C(=O)O. The van der Waals surface area contributed by atoms with E-state index in [0.29, 0.717) is 17.8 Å². The van der Waals surface area contributed by atoms with E-state index < -0.39 is 5.97 Å². The Balaban J connectivity index is 2.68. The number of fused-ring (bicyclic) bond motifs is 1. The molecule has 0 unspecified atom stereocenters. The second-order valence-electron chi connectivity index (χ2n) is 3.94. The molecule has 0 atom stereocenters. The average molecular weight is 242 g/mol. The van der Waals surface area contributed by atoms with E-state index in [1.165, 1.54) is 0 Å². The van der Waals surface area contributed by atoms with E-state index in [1.54, 1.807) is 19.1 Å². The lowest BCUT2D eigenvalue weighted by Gasteiger charge is -2.06. The van der Waals surface area contributed by atoms with Crippen LogP contribution in [0.1, 0.15) is 13.3 Å². The molecule has 0 amide bonds. The van der Waals surface area contributed by atoms with Crippen molar-refractivity contribution in [3.8, 4) is 0 Å². The zero-order valence-electron chi connectivity index (χ0n) is 10.1. The summed E-state index contributed by atoms with van der Waals surface area (Å²) in [5, 5.41) is 10.8. The number of aliphatic carboxylic acids is 1. The smallest absolute Gasteiger partial charge is 0.350 e. The molecule has 92 valence electrons. The average Bonchev–Trinajstić information content (AvgIpc) is 2.35. The molecule has 2 rings (SSSR count). The van der Waals surface area contributed by atoms with E-state index in [4.69, 9.17) is 10.8 Å². The maximum Gasteiger partial charge on any atom is 0.350 e. The van der Waals surface area contributed by atoms with Gasteiger partial charge in [0.2, 0.25) is 0 Å². The van der Waals surface area contributed by atoms with Gasteiger partial charge in [-0.3, -0.25) is 0 Å². The minimum atomic E-state index is -0.996. The van der Waals surface area contributed by atoms with E-state index in [1.807, 2.05) is 24.3 Å². The van der Waals surface area contributed by atoms with Gasteiger partial charge in [-0.05, 0) is 23.9 Å². The first-order valence-electron chi connectivity index (χ1n) is 5.71. The summed E-state index contributed by atoms with van der Waals surface area (Å²) in [5.74, 6) is -0.996. The number of carbonyl (C=O) groups is 1. The van der Waals surface area contributed by atoms with E-state index in [0.717, 1.165) is 10.8 Å². The molecular formula is C14H14N2O2. The van der Waals surface area contributed by atoms with E-state index in [-0.39, 0.29) is 5.71 Å². The molecule has 2 aromatic rings. The number of nitrogens with two attached hydrogens (primary N) is 1. The highest BCUT2D eigenvalue weighted by Crippen LogP contribution is 2.31. The maximum absolute atomic E-state index is 11.0. The van der Waals surface area contributed by atoms with E-state index in [2.05, 4.69) is 4.99 Å². The molecule has 0 aliphatic rings. The van der Waals surface area contributed by atoms with Crippen molar-refractivity contribution in [2.75, 3.05) is 5.73 Å². The summed E-state index contributed by atoms with van der Waals surface area (Å²) in [6.45, 7) is 1.77. The molecule has 2 aromatic carbocycles. The Kier molecular flexibility index (Phi) is 3.28. The fraction of sp³-hybridized carbons (Fsp3) is 0.143. The van der Waals surface area contributed by atoms with Crippen LogP contribution in [0.5, 0.6) is 0 Å². The van der Waals surface area contributed by atoms with Crippen molar-refractivity contribution in [3.05, 3.63) is 36.4 Å². The first-order valence-corrected chi connectivity index (χ1v) is 5.71. The van der Waals surface area contributed by atoms with Crippen LogP contribution in [0.15, 0.2) is 41.4 Å². The molecule has 0 spiro atoms. The summed E-state index contributed by atoms with van der Waals surface area (Å²) in [7, 11) is 0. The molecule has 18 heavy (non-hydrogen) atoms. The molecule has 3 N–H and O–H groups in total. The van der Waals surface area contributed by atoms with Gasteiger partial charge >= 0.3 is 5.97 Å². The Labute approximate surface area is 105 Å². The number of rotatable bonds is 3. The maximum atomic E-state index is 11.0. The predicted octanol–water partition coefficient (Wildman–Crippen LogP) is 2.99. The van der Waals surface area contributed by atoms with Crippen molar-refractivity contribution in [1.29, 1.82) is 0 Å². The normalized spacial score (nSPS) is 11.7. The molecule has 0 aliphatic heterocycles. The third kappa shape index (κ3) is 2.18. The third-order valence-electron chi connectivity index (χ3n) is 2.75. The quantitative estimate of drug-likeness (QED) is 0.641. The highest BCUT2D eigenvalue weighted by atomic mass is 16.4. The van der Waals surface area contributed by atoms with Gasteiger partial charge in [-0.25, -0.2) is 9.79 Å². The zero-order valence-corrected chi connectivity index (χ0v) is 10.1. The molecule has 4 heteroatoms. The number of aliphatic imine (C=N–C) groups is 1. The number of anilines is 1. The number of nitrogens with zero attached hydrogens (tertiary/aromatic N) is 1. The summed E-state index contributed by atoms with van der Waals surface area (Å²) < 4.78 is 0. The van der Waals surface area contributed by atoms with Crippen molar-refractivity contribution in [3.63, 3.8) is 0 Å². The van der Waals surface area contributed by atoms with Gasteiger partial charge in [0.1, 0.15) is 5.71 Å². The Morgan fingerprint density at radius 3 is 2.56 bits per heavy atom. The minimum Gasteiger partial charge on any atom is -0.477 e. The minimum absolute atomic E-state index is 0.130. The number of carboxylic acids is 1. The fourth-order valence-electron chi connectivity index (χ4n) is 1.87. The molecule has 0 saturated carbocycles. The summed E-state index contributed by atoms with van der Waals surface area (Å²) >= 11 is 0. The van der Waals surface area contributed by atoms with Crippen LogP contribution in [0.25, 0.3) is 10.8 Å². The number of hydrogen-bond acceptors (Lipinski definition) is 3. The van der Waals surface area contributed by atoms with Crippen LogP contribution in [-0.2, 0) is 4.79 Å². The summed E-state index contributed by atoms with van der Waals surface area (Å²) in [5.41, 5.74) is 7.27. The van der Waals surface area contributed by atoms with Crippen LogP contribution in [0.4, 0.5) is 11.4 Å². The predicted molar refractivity (Wildman–Crippen MR) is 73.4 cm³/mol. The van der Waals surface area contributed by atoms with Gasteiger partial charge in [-0.15, -0.1) is 0 Å². The van der Waals surface area contributed by atoms with Gasteiger partial charge in [-0.2, -0.15) is 0 Å². The third-order valence-corrected chi connectivity index (χ3v) is 2.75. The fourth-order valence-corrected chi connectivity index (χ4v) is 1.87. The monoisotopic (exact) mass is 242 g/mol. The molecule has 0 radical (unpaired) electrons. The molecule has 0 aromatic heterocycles. The van der Waals surface area contributed by atoms with Crippen LogP contribution in [0.2, 0.25) is 0 Å². The molecule has 0 heterocycles. The van der Waals surface area contributed by atoms with Crippen molar-refractivity contribution in [1.82, 2.24) is 0 Å². The van der Waals surface area contributed by atoms with Crippen molar-refractivity contribution in [2.45, 2.75) is 13.3 Å². The van der Waals surface area contributed by atoms with Crippen molar-refractivity contribution in [2.24, 2.45) is 4.99 Å². The number of carboxylic acid groups (broad SMARTS) is 1. The summed E-state index contributed by atoms with van der Waals surface area (Å²) in [6, 6.07) is 11.1. The highest BCUT2D eigenvalue weighted by molar-refractivity contribution is 6.36. The van der Waals surface area contributed by atoms with Gasteiger partial charge in [0, 0.05) is 11.1 Å². The Bertz CT molecular complexity index is 627. The van der Waals surface area contributed by atoms with Gasteiger partial charge in [0.25, 0.3) is 0 Å². The van der Waals surface area contributed by atoms with E-state index >= 15 is 0 Å². The molecule has 0 saturated heterocycles. The molecule has 0 bridgehead atoms. The number of nitrogen functional groups attached to an aromatic ring is 1. The molecule has 0 fully saturated rings. The first-order chi connectivity index (χ1) is 8.63. The van der Waals surface area contributed by atoms with Gasteiger partial charge < -0.3 is 10.8 Å². The Morgan fingerprint density at radius 1 is 1.28 bits per heavy atom. The van der Waals surface area contributed by atoms with E-state index in [9.17, 15) is 4.79 Å². The van der Waals surface area contributed by atoms with Crippen LogP contribution < -0.4 is 5.73 Å². The van der Waals surface area contributed by atoms with Gasteiger partial charge in [0.15, 0.2) is 0 Å². The second-order valence-corrected chi connectivity index (χ2v) is 3.94. The van der Waals surface area contributed by atoms with Crippen LogP contribution in [0, 0.1) is 0 Å². The molecule has 0 aliphatic carbocycles. The highest BCUT2D eigenvalue weighted by Gasteiger charge is 2.09. The van der Waals surface area contributed by atoms with Crippen LogP contribution in [0.3, 0.4) is 0 Å². The lowest BCUT2D eigenvalue weighted by molar-refractivity contribution is -0.129. The Morgan fingerprint density at radius 2 is 1.94 bits per heavy atom. The van der Waals surface area contributed by atoms with Crippen molar-refractivity contribution >= 4 is 33.8 Å². The second kappa shape index (κ2) is 4.87. The largest absolute Gasteiger partial charge is 0.477 e. The zero-order chi connectivity index (χ0) is 13.1. The van der Waals surface area contributed by atoms with Gasteiger partial charge in [-0.1, -0.05) is 31.2 Å². The van der Waals surface area contributed by atoms with Crippen molar-refractivity contribution < 1.29 is 9.90 Å².